The summed E-state index contributed by atoms with van der Waals surface area (Å²) in [5, 5.41) is 14.4. The second-order valence-corrected chi connectivity index (χ2v) is 7.21. The Kier molecular flexibility index (Phi) is 5.74. The zero-order valence-corrected chi connectivity index (χ0v) is 16.1. The summed E-state index contributed by atoms with van der Waals surface area (Å²) in [7, 11) is 0. The molecule has 0 bridgehead atoms. The van der Waals surface area contributed by atoms with Gasteiger partial charge in [-0.2, -0.15) is 5.10 Å². The lowest BCUT2D eigenvalue weighted by atomic mass is 9.93. The fraction of sp³-hybridized carbons (Fsp3) is 0.421. The van der Waals surface area contributed by atoms with E-state index >= 15 is 0 Å². The number of nitrogens with zero attached hydrogens (tertiary/aromatic N) is 3. The largest absolute Gasteiger partial charge is 0.462 e. The van der Waals surface area contributed by atoms with Crippen LogP contribution in [-0.4, -0.2) is 33.6 Å². The quantitative estimate of drug-likeness (QED) is 0.586. The van der Waals surface area contributed by atoms with Crippen LogP contribution in [0.1, 0.15) is 49.1 Å². The SMILES string of the molecule is [C-]#[N+]c1c(-c2ccc(Br)cc2)nn(C2CCC(O)CC2)c1C(=O)OCC. The van der Waals surface area contributed by atoms with Gasteiger partial charge in [-0.05, 0) is 50.3 Å². The average molecular weight is 418 g/mol. The molecule has 0 spiro atoms. The second-order valence-electron chi connectivity index (χ2n) is 6.29. The Morgan fingerprint density at radius 3 is 2.58 bits per heavy atom. The van der Waals surface area contributed by atoms with Gasteiger partial charge in [0.2, 0.25) is 5.69 Å². The van der Waals surface area contributed by atoms with Crippen molar-refractivity contribution < 1.29 is 14.6 Å². The number of ether oxygens (including phenoxy) is 1. The van der Waals surface area contributed by atoms with Crippen LogP contribution in [-0.2, 0) is 4.74 Å². The highest BCUT2D eigenvalue weighted by molar-refractivity contribution is 9.10. The lowest BCUT2D eigenvalue weighted by Crippen LogP contribution is -2.24. The minimum atomic E-state index is -0.527. The van der Waals surface area contributed by atoms with Gasteiger partial charge in [0.25, 0.3) is 0 Å². The van der Waals surface area contributed by atoms with Crippen molar-refractivity contribution >= 4 is 27.6 Å². The first kappa shape index (κ1) is 18.6. The van der Waals surface area contributed by atoms with Crippen LogP contribution in [0.5, 0.6) is 0 Å². The zero-order chi connectivity index (χ0) is 18.7. The van der Waals surface area contributed by atoms with Crippen LogP contribution in [0.3, 0.4) is 0 Å². The van der Waals surface area contributed by atoms with Gasteiger partial charge in [0.05, 0.1) is 31.0 Å². The van der Waals surface area contributed by atoms with E-state index in [1.54, 1.807) is 11.6 Å². The molecule has 1 aromatic heterocycles. The number of aromatic nitrogens is 2. The highest BCUT2D eigenvalue weighted by Gasteiger charge is 2.31. The predicted molar refractivity (Wildman–Crippen MR) is 101 cm³/mol. The number of benzene rings is 1. The molecule has 0 radical (unpaired) electrons. The van der Waals surface area contributed by atoms with E-state index in [0.29, 0.717) is 31.4 Å². The number of hydrogen-bond acceptors (Lipinski definition) is 4. The van der Waals surface area contributed by atoms with E-state index in [4.69, 9.17) is 11.3 Å². The van der Waals surface area contributed by atoms with Crippen LogP contribution < -0.4 is 0 Å². The Bertz CT molecular complexity index is 831. The molecular formula is C19H20BrN3O3. The second kappa shape index (κ2) is 8.02. The number of hydrogen-bond donors (Lipinski definition) is 1. The fourth-order valence-corrected chi connectivity index (χ4v) is 3.55. The van der Waals surface area contributed by atoms with Gasteiger partial charge in [-0.3, -0.25) is 4.68 Å². The molecule has 0 unspecified atom stereocenters. The molecule has 136 valence electrons. The molecule has 1 saturated carbocycles. The van der Waals surface area contributed by atoms with Gasteiger partial charge >= 0.3 is 5.97 Å². The molecule has 1 aliphatic rings. The van der Waals surface area contributed by atoms with Crippen molar-refractivity contribution in [3.05, 3.63) is 45.8 Å². The van der Waals surface area contributed by atoms with E-state index in [1.807, 2.05) is 24.3 Å². The zero-order valence-electron chi connectivity index (χ0n) is 14.5. The number of aliphatic hydroxyl groups excluding tert-OH is 1. The average Bonchev–Trinajstić information content (AvgIpc) is 3.03. The molecular weight excluding hydrogens is 398 g/mol. The summed E-state index contributed by atoms with van der Waals surface area (Å²) in [5.41, 5.74) is 1.69. The van der Waals surface area contributed by atoms with Gasteiger partial charge < -0.3 is 9.84 Å². The lowest BCUT2D eigenvalue weighted by molar-refractivity contribution is 0.0503. The van der Waals surface area contributed by atoms with Crippen molar-refractivity contribution in [3.63, 3.8) is 0 Å². The Labute approximate surface area is 160 Å². The van der Waals surface area contributed by atoms with E-state index in [9.17, 15) is 9.90 Å². The third-order valence-corrected chi connectivity index (χ3v) is 5.12. The van der Waals surface area contributed by atoms with Crippen LogP contribution in [0.4, 0.5) is 5.69 Å². The maximum absolute atomic E-state index is 12.6. The van der Waals surface area contributed by atoms with E-state index in [0.717, 1.165) is 10.0 Å². The van der Waals surface area contributed by atoms with Gasteiger partial charge in [-0.15, -0.1) is 0 Å². The van der Waals surface area contributed by atoms with E-state index in [2.05, 4.69) is 25.9 Å². The monoisotopic (exact) mass is 417 g/mol. The lowest BCUT2D eigenvalue weighted by Gasteiger charge is -2.26. The van der Waals surface area contributed by atoms with Crippen LogP contribution >= 0.6 is 15.9 Å². The van der Waals surface area contributed by atoms with Crippen LogP contribution in [0, 0.1) is 6.57 Å². The van der Waals surface area contributed by atoms with Crippen molar-refractivity contribution in [1.29, 1.82) is 0 Å². The Balaban J connectivity index is 2.11. The highest BCUT2D eigenvalue weighted by atomic mass is 79.9. The minimum absolute atomic E-state index is 0.0255. The van der Waals surface area contributed by atoms with Crippen molar-refractivity contribution in [2.75, 3.05) is 6.61 Å². The fourth-order valence-electron chi connectivity index (χ4n) is 3.29. The number of halogens is 1. The van der Waals surface area contributed by atoms with E-state index in [-0.39, 0.29) is 30.1 Å². The summed E-state index contributed by atoms with van der Waals surface area (Å²) in [4.78, 5) is 16.2. The number of rotatable bonds is 4. The van der Waals surface area contributed by atoms with E-state index in [1.165, 1.54) is 0 Å². The molecule has 1 aliphatic carbocycles. The molecule has 0 saturated heterocycles. The molecule has 1 heterocycles. The first-order chi connectivity index (χ1) is 12.5. The maximum Gasteiger partial charge on any atom is 0.345 e. The molecule has 2 aromatic rings. The third kappa shape index (κ3) is 3.67. The van der Waals surface area contributed by atoms with Gasteiger partial charge in [0.1, 0.15) is 0 Å². The van der Waals surface area contributed by atoms with Gasteiger partial charge in [-0.25, -0.2) is 9.64 Å². The molecule has 3 rings (SSSR count). The summed E-state index contributed by atoms with van der Waals surface area (Å²) in [5.74, 6) is -0.527. The molecule has 0 aliphatic heterocycles. The van der Waals surface area contributed by atoms with Crippen LogP contribution in [0.2, 0.25) is 0 Å². The van der Waals surface area contributed by atoms with Crippen LogP contribution in [0.25, 0.3) is 16.1 Å². The molecule has 1 fully saturated rings. The number of carbonyl (C=O) groups excluding carboxylic acids is 1. The molecule has 0 atom stereocenters. The standard InChI is InChI=1S/C19H20BrN3O3/c1-3-26-19(25)18-17(21-2)16(12-4-6-13(20)7-5-12)22-23(18)14-8-10-15(24)11-9-14/h4-7,14-15,24H,3,8-11H2,1H3. The summed E-state index contributed by atoms with van der Waals surface area (Å²) >= 11 is 3.40. The number of aliphatic hydroxyl groups is 1. The first-order valence-electron chi connectivity index (χ1n) is 8.66. The molecule has 1 N–H and O–H groups in total. The van der Waals surface area contributed by atoms with E-state index < -0.39 is 5.97 Å². The Hall–Kier alpha value is -2.17. The predicted octanol–water partition coefficient (Wildman–Crippen LogP) is 4.52. The normalized spacial score (nSPS) is 19.8. The van der Waals surface area contributed by atoms with Crippen LogP contribution in [0.15, 0.2) is 28.7 Å². The van der Waals surface area contributed by atoms with Crippen molar-refractivity contribution in [2.24, 2.45) is 0 Å². The minimum Gasteiger partial charge on any atom is -0.462 e. The Morgan fingerprint density at radius 2 is 2.00 bits per heavy atom. The molecule has 26 heavy (non-hydrogen) atoms. The number of carbonyl (C=O) groups is 1. The highest BCUT2D eigenvalue weighted by Crippen LogP contribution is 2.38. The van der Waals surface area contributed by atoms with Gasteiger partial charge in [0, 0.05) is 4.47 Å². The number of esters is 1. The first-order valence-corrected chi connectivity index (χ1v) is 9.45. The summed E-state index contributed by atoms with van der Waals surface area (Å²) < 4.78 is 7.77. The Morgan fingerprint density at radius 1 is 1.35 bits per heavy atom. The van der Waals surface area contributed by atoms with Crippen molar-refractivity contribution in [2.45, 2.75) is 44.8 Å². The maximum atomic E-state index is 12.6. The smallest absolute Gasteiger partial charge is 0.345 e. The topological polar surface area (TPSA) is 68.7 Å². The summed E-state index contributed by atoms with van der Waals surface area (Å²) in [6, 6.07) is 7.46. The van der Waals surface area contributed by atoms with Crippen molar-refractivity contribution in [1.82, 2.24) is 9.78 Å². The molecule has 1 aromatic carbocycles. The van der Waals surface area contributed by atoms with Crippen molar-refractivity contribution in [3.8, 4) is 11.3 Å². The summed E-state index contributed by atoms with van der Waals surface area (Å²) in [6.45, 7) is 9.59. The van der Waals surface area contributed by atoms with Gasteiger partial charge in [0.15, 0.2) is 5.69 Å². The molecule has 6 nitrogen and oxygen atoms in total. The molecule has 0 amide bonds. The third-order valence-electron chi connectivity index (χ3n) is 4.60. The van der Waals surface area contributed by atoms with Gasteiger partial charge in [-0.1, -0.05) is 28.1 Å². The molecule has 7 heteroatoms. The summed E-state index contributed by atoms with van der Waals surface area (Å²) in [6.07, 6.45) is 2.44.